The molecule has 5 heteroatoms. The molecule has 0 radical (unpaired) electrons. The van der Waals surface area contributed by atoms with Gasteiger partial charge in [-0.1, -0.05) is 0 Å². The Hall–Kier alpha value is -1.75. The summed E-state index contributed by atoms with van der Waals surface area (Å²) < 4.78 is 15.6. The lowest BCUT2D eigenvalue weighted by molar-refractivity contribution is -0.145. The van der Waals surface area contributed by atoms with Crippen LogP contribution >= 0.6 is 0 Å². The Morgan fingerprint density at radius 3 is 2.85 bits per heavy atom. The maximum absolute atomic E-state index is 11.3. The van der Waals surface area contributed by atoms with Crippen molar-refractivity contribution >= 4 is 5.97 Å². The number of benzene rings is 1. The lowest BCUT2D eigenvalue weighted by Gasteiger charge is -2.13. The number of hydrogen-bond donors (Lipinski definition) is 1. The third kappa shape index (κ3) is 4.42. The van der Waals surface area contributed by atoms with Gasteiger partial charge in [0.25, 0.3) is 0 Å². The van der Waals surface area contributed by atoms with Crippen molar-refractivity contribution < 1.29 is 19.0 Å². The van der Waals surface area contributed by atoms with Crippen LogP contribution < -0.4 is 14.8 Å². The molecule has 0 bridgehead atoms. The number of methoxy groups -OCH3 is 1. The predicted octanol–water partition coefficient (Wildman–Crippen LogP) is 1.89. The van der Waals surface area contributed by atoms with Crippen LogP contribution in [0.25, 0.3) is 0 Å². The minimum absolute atomic E-state index is 0.0728. The SMILES string of the molecule is CCOC(=O)COc1ccc(OC)cc1CNC1CC1. The van der Waals surface area contributed by atoms with Crippen molar-refractivity contribution in [3.63, 3.8) is 0 Å². The van der Waals surface area contributed by atoms with Gasteiger partial charge in [-0.2, -0.15) is 0 Å². The molecule has 20 heavy (non-hydrogen) atoms. The number of nitrogens with one attached hydrogen (secondary N) is 1. The Labute approximate surface area is 119 Å². The largest absolute Gasteiger partial charge is 0.497 e. The Balaban J connectivity index is 1.98. The zero-order valence-corrected chi connectivity index (χ0v) is 12.0. The van der Waals surface area contributed by atoms with E-state index in [1.54, 1.807) is 14.0 Å². The van der Waals surface area contributed by atoms with Crippen molar-refractivity contribution in [2.45, 2.75) is 32.4 Å². The van der Waals surface area contributed by atoms with Crippen LogP contribution in [0.4, 0.5) is 0 Å². The third-order valence-corrected chi connectivity index (χ3v) is 3.08. The molecule has 1 aromatic carbocycles. The quantitative estimate of drug-likeness (QED) is 0.736. The Bertz CT molecular complexity index is 457. The summed E-state index contributed by atoms with van der Waals surface area (Å²) in [6.45, 7) is 2.77. The van der Waals surface area contributed by atoms with Crippen LogP contribution in [0.15, 0.2) is 18.2 Å². The fraction of sp³-hybridized carbons (Fsp3) is 0.533. The first-order valence-corrected chi connectivity index (χ1v) is 6.91. The highest BCUT2D eigenvalue weighted by molar-refractivity contribution is 5.71. The van der Waals surface area contributed by atoms with Crippen molar-refractivity contribution in [2.24, 2.45) is 0 Å². The first-order chi connectivity index (χ1) is 9.72. The van der Waals surface area contributed by atoms with Crippen LogP contribution in [0.3, 0.4) is 0 Å². The number of esters is 1. The number of ether oxygens (including phenoxy) is 3. The van der Waals surface area contributed by atoms with Gasteiger partial charge in [0.05, 0.1) is 13.7 Å². The molecule has 0 heterocycles. The van der Waals surface area contributed by atoms with Crippen molar-refractivity contribution in [1.82, 2.24) is 5.32 Å². The van der Waals surface area contributed by atoms with Crippen LogP contribution in [0.5, 0.6) is 11.5 Å². The van der Waals surface area contributed by atoms with Gasteiger partial charge in [-0.15, -0.1) is 0 Å². The summed E-state index contributed by atoms with van der Waals surface area (Å²) in [4.78, 5) is 11.3. The summed E-state index contributed by atoms with van der Waals surface area (Å²) >= 11 is 0. The molecular weight excluding hydrogens is 258 g/mol. The molecule has 1 saturated carbocycles. The molecule has 5 nitrogen and oxygen atoms in total. The number of carbonyl (C=O) groups excluding carboxylic acids is 1. The van der Waals surface area contributed by atoms with Crippen LogP contribution in [-0.2, 0) is 16.1 Å². The molecule has 0 aliphatic heterocycles. The third-order valence-electron chi connectivity index (χ3n) is 3.08. The summed E-state index contributed by atoms with van der Waals surface area (Å²) in [5.41, 5.74) is 0.987. The van der Waals surface area contributed by atoms with E-state index < -0.39 is 0 Å². The van der Waals surface area contributed by atoms with E-state index in [4.69, 9.17) is 14.2 Å². The molecular formula is C15H21NO4. The van der Waals surface area contributed by atoms with Gasteiger partial charge < -0.3 is 19.5 Å². The maximum atomic E-state index is 11.3. The fourth-order valence-electron chi connectivity index (χ4n) is 1.84. The van der Waals surface area contributed by atoms with E-state index in [-0.39, 0.29) is 12.6 Å². The smallest absolute Gasteiger partial charge is 0.344 e. The van der Waals surface area contributed by atoms with Crippen molar-refractivity contribution in [3.8, 4) is 11.5 Å². The molecule has 2 rings (SSSR count). The Morgan fingerprint density at radius 1 is 1.40 bits per heavy atom. The van der Waals surface area contributed by atoms with Crippen molar-refractivity contribution in [3.05, 3.63) is 23.8 Å². The summed E-state index contributed by atoms with van der Waals surface area (Å²) in [6.07, 6.45) is 2.45. The normalized spacial score (nSPS) is 13.9. The highest BCUT2D eigenvalue weighted by Crippen LogP contribution is 2.26. The molecule has 0 amide bonds. The fourth-order valence-corrected chi connectivity index (χ4v) is 1.84. The van der Waals surface area contributed by atoms with E-state index in [2.05, 4.69) is 5.32 Å². The maximum Gasteiger partial charge on any atom is 0.344 e. The van der Waals surface area contributed by atoms with Gasteiger partial charge in [-0.25, -0.2) is 4.79 Å². The zero-order chi connectivity index (χ0) is 14.4. The average Bonchev–Trinajstić information content (AvgIpc) is 3.27. The van der Waals surface area contributed by atoms with Crippen LogP contribution in [-0.4, -0.2) is 32.3 Å². The minimum atomic E-state index is -0.357. The molecule has 0 saturated heterocycles. The molecule has 0 unspecified atom stereocenters. The summed E-state index contributed by atoms with van der Waals surface area (Å²) in [7, 11) is 1.63. The summed E-state index contributed by atoms with van der Waals surface area (Å²) in [6, 6.07) is 6.18. The van der Waals surface area contributed by atoms with Gasteiger partial charge in [0.1, 0.15) is 11.5 Å². The first kappa shape index (κ1) is 14.7. The first-order valence-electron chi connectivity index (χ1n) is 6.91. The van der Waals surface area contributed by atoms with Gasteiger partial charge in [-0.3, -0.25) is 0 Å². The lowest BCUT2D eigenvalue weighted by atomic mass is 10.2. The molecule has 110 valence electrons. The average molecular weight is 279 g/mol. The van der Waals surface area contributed by atoms with Gasteiger partial charge in [0.2, 0.25) is 0 Å². The second-order valence-electron chi connectivity index (χ2n) is 4.72. The standard InChI is InChI=1S/C15H21NO4/c1-3-19-15(17)10-20-14-7-6-13(18-2)8-11(14)9-16-12-4-5-12/h6-8,12,16H,3-5,9-10H2,1-2H3. The molecule has 1 aromatic rings. The van der Waals surface area contributed by atoms with Crippen molar-refractivity contribution in [1.29, 1.82) is 0 Å². The van der Waals surface area contributed by atoms with E-state index >= 15 is 0 Å². The topological polar surface area (TPSA) is 56.8 Å². The highest BCUT2D eigenvalue weighted by atomic mass is 16.6. The van der Waals surface area contributed by atoms with E-state index in [9.17, 15) is 4.79 Å². The Kier molecular flexibility index (Phi) is 5.24. The number of rotatable bonds is 8. The molecule has 1 fully saturated rings. The van der Waals surface area contributed by atoms with Crippen LogP contribution in [0.1, 0.15) is 25.3 Å². The van der Waals surface area contributed by atoms with E-state index in [0.29, 0.717) is 24.9 Å². The van der Waals surface area contributed by atoms with Crippen molar-refractivity contribution in [2.75, 3.05) is 20.3 Å². The molecule has 1 aliphatic carbocycles. The predicted molar refractivity (Wildman–Crippen MR) is 75.0 cm³/mol. The minimum Gasteiger partial charge on any atom is -0.497 e. The van der Waals surface area contributed by atoms with E-state index in [0.717, 1.165) is 11.3 Å². The highest BCUT2D eigenvalue weighted by Gasteiger charge is 2.21. The van der Waals surface area contributed by atoms with Gasteiger partial charge in [0.15, 0.2) is 6.61 Å². The van der Waals surface area contributed by atoms with Crippen LogP contribution in [0.2, 0.25) is 0 Å². The summed E-state index contributed by atoms with van der Waals surface area (Å²) in [5, 5.41) is 3.43. The zero-order valence-electron chi connectivity index (χ0n) is 12.0. The van der Waals surface area contributed by atoms with Gasteiger partial charge in [0, 0.05) is 18.2 Å². The number of hydrogen-bond acceptors (Lipinski definition) is 5. The van der Waals surface area contributed by atoms with E-state index in [1.807, 2.05) is 18.2 Å². The lowest BCUT2D eigenvalue weighted by Crippen LogP contribution is -2.18. The monoisotopic (exact) mass is 279 g/mol. The molecule has 1 aliphatic rings. The molecule has 0 atom stereocenters. The molecule has 0 spiro atoms. The number of carbonyl (C=O) groups is 1. The van der Waals surface area contributed by atoms with Crippen LogP contribution in [0, 0.1) is 0 Å². The molecule has 0 aromatic heterocycles. The van der Waals surface area contributed by atoms with Gasteiger partial charge in [-0.05, 0) is 38.0 Å². The summed E-state index contributed by atoms with van der Waals surface area (Å²) in [5.74, 6) is 1.11. The second kappa shape index (κ2) is 7.14. The second-order valence-corrected chi connectivity index (χ2v) is 4.72. The molecule has 1 N–H and O–H groups in total. The van der Waals surface area contributed by atoms with E-state index in [1.165, 1.54) is 12.8 Å². The Morgan fingerprint density at radius 2 is 2.20 bits per heavy atom. The van der Waals surface area contributed by atoms with Gasteiger partial charge >= 0.3 is 5.97 Å².